The van der Waals surface area contributed by atoms with Gasteiger partial charge in [0.25, 0.3) is 14.2 Å². The number of rotatable bonds is 9. The third-order valence-corrected chi connectivity index (χ3v) is 15.9. The van der Waals surface area contributed by atoms with Crippen LogP contribution >= 0.6 is 15.9 Å². The van der Waals surface area contributed by atoms with Gasteiger partial charge < -0.3 is 9.16 Å². The van der Waals surface area contributed by atoms with Crippen molar-refractivity contribution < 1.29 is 17.9 Å². The number of aromatic nitrogens is 3. The van der Waals surface area contributed by atoms with E-state index in [1.165, 1.54) is 0 Å². The highest BCUT2D eigenvalue weighted by Crippen LogP contribution is 2.43. The highest BCUT2D eigenvalue weighted by atomic mass is 79.9. The normalized spacial score (nSPS) is 20.6. The molecule has 0 N–H and O–H groups in total. The Labute approximate surface area is 303 Å². The minimum absolute atomic E-state index is 0.0880. The molecule has 6 nitrogen and oxygen atoms in total. The summed E-state index contributed by atoms with van der Waals surface area (Å²) in [6.45, 7) is 7.94. The van der Waals surface area contributed by atoms with E-state index in [0.29, 0.717) is 6.42 Å². The van der Waals surface area contributed by atoms with E-state index in [-0.39, 0.29) is 12.3 Å². The Morgan fingerprint density at radius 2 is 1.62 bits per heavy atom. The number of nitrogens with zero attached hydrogens (tertiary/aromatic N) is 4. The highest BCUT2D eigenvalue weighted by Gasteiger charge is 2.52. The van der Waals surface area contributed by atoms with Gasteiger partial charge in [-0.2, -0.15) is 5.10 Å². The van der Waals surface area contributed by atoms with Crippen molar-refractivity contribution in [2.24, 2.45) is 0 Å². The molecule has 3 atom stereocenters. The lowest BCUT2D eigenvalue weighted by Crippen LogP contribution is -2.67. The van der Waals surface area contributed by atoms with Gasteiger partial charge in [0.2, 0.25) is 0 Å². The zero-order chi connectivity index (χ0) is 35.1. The number of ether oxygens (including phenoxy) is 1. The van der Waals surface area contributed by atoms with Crippen LogP contribution in [0.4, 0.5) is 8.78 Å². The number of benzene rings is 3. The molecule has 0 bridgehead atoms. The lowest BCUT2D eigenvalue weighted by atomic mass is 9.84. The summed E-state index contributed by atoms with van der Waals surface area (Å²) in [5.41, 5.74) is 3.86. The first kappa shape index (κ1) is 35.1. The predicted octanol–water partition coefficient (Wildman–Crippen LogP) is 8.44. The summed E-state index contributed by atoms with van der Waals surface area (Å²) >= 11 is 3.51. The third kappa shape index (κ3) is 6.61. The molecule has 1 saturated heterocycles. The molecule has 50 heavy (non-hydrogen) atoms. The van der Waals surface area contributed by atoms with E-state index in [1.807, 2.05) is 95.5 Å². The maximum absolute atomic E-state index is 16.7. The first-order valence-electron chi connectivity index (χ1n) is 17.6. The first-order chi connectivity index (χ1) is 24.0. The summed E-state index contributed by atoms with van der Waals surface area (Å²) < 4.78 is 49.1. The molecule has 1 fully saturated rings. The summed E-state index contributed by atoms with van der Waals surface area (Å²) in [7, 11) is -3.17. The molecule has 3 aromatic carbocycles. The molecule has 0 radical (unpaired) electrons. The molecule has 4 heterocycles. The largest absolute Gasteiger partial charge is 0.401 e. The van der Waals surface area contributed by atoms with Gasteiger partial charge in [-0.3, -0.25) is 9.88 Å². The molecule has 2 aliphatic rings. The Hall–Kier alpha value is -3.28. The molecule has 10 heteroatoms. The van der Waals surface area contributed by atoms with Crippen LogP contribution in [0.1, 0.15) is 76.0 Å². The van der Waals surface area contributed by atoms with Crippen molar-refractivity contribution in [3.8, 4) is 0 Å². The molecule has 0 amide bonds. The van der Waals surface area contributed by atoms with Crippen LogP contribution in [0.25, 0.3) is 10.9 Å². The van der Waals surface area contributed by atoms with E-state index in [4.69, 9.17) is 19.2 Å². The standard InChI is InChI=1S/C40H45BrF2N4O2Si/c1-28-23-33-32(19-21-36-34(33)25-45-47(36)37-17-11-12-22-48-37)38(35-20-18-29(41)24-44-35)46(28)26-40(42,43)27-49-50(39(2,3)4,30-13-7-5-8-14-30)31-15-9-6-10-16-31/h5-10,13-16,18-21,24-25,28,37-38H,11-12,17,22-23,26-27H2,1-4H3/t28-,37+,38+/m1/s1. The Morgan fingerprint density at radius 3 is 2.22 bits per heavy atom. The van der Waals surface area contributed by atoms with Crippen LogP contribution < -0.4 is 10.4 Å². The lowest BCUT2D eigenvalue weighted by molar-refractivity contribution is -0.0821. The Kier molecular flexibility index (Phi) is 9.86. The third-order valence-electron chi connectivity index (χ3n) is 10.4. The van der Waals surface area contributed by atoms with E-state index >= 15 is 8.78 Å². The summed E-state index contributed by atoms with van der Waals surface area (Å²) in [5, 5.41) is 7.38. The average molecular weight is 760 g/mol. The van der Waals surface area contributed by atoms with Crippen LogP contribution in [-0.2, 0) is 15.6 Å². The fourth-order valence-electron chi connectivity index (χ4n) is 8.08. The summed E-state index contributed by atoms with van der Waals surface area (Å²) in [6.07, 6.45) is 7.29. The van der Waals surface area contributed by atoms with E-state index in [2.05, 4.69) is 48.8 Å². The zero-order valence-electron chi connectivity index (χ0n) is 29.2. The average Bonchev–Trinajstić information content (AvgIpc) is 3.55. The van der Waals surface area contributed by atoms with Crippen molar-refractivity contribution in [2.45, 2.75) is 82.7 Å². The topological polar surface area (TPSA) is 52.4 Å². The number of halogens is 3. The molecule has 262 valence electrons. The van der Waals surface area contributed by atoms with Crippen molar-refractivity contribution in [3.63, 3.8) is 0 Å². The molecule has 2 aliphatic heterocycles. The van der Waals surface area contributed by atoms with Crippen LogP contribution in [0.5, 0.6) is 0 Å². The predicted molar refractivity (Wildman–Crippen MR) is 201 cm³/mol. The van der Waals surface area contributed by atoms with E-state index < -0.39 is 38.5 Å². The van der Waals surface area contributed by atoms with E-state index in [1.54, 1.807) is 6.20 Å². The Bertz CT molecular complexity index is 1870. The molecule has 0 spiro atoms. The molecule has 2 aromatic heterocycles. The van der Waals surface area contributed by atoms with Gasteiger partial charge in [0, 0.05) is 28.7 Å². The van der Waals surface area contributed by atoms with Gasteiger partial charge in [0.15, 0.2) is 6.23 Å². The number of hydrogen-bond acceptors (Lipinski definition) is 5. The smallest absolute Gasteiger partial charge is 0.282 e. The van der Waals surface area contributed by atoms with Crippen LogP contribution in [-0.4, -0.2) is 59.7 Å². The number of fused-ring (bicyclic) bond motifs is 3. The fraction of sp³-hybridized carbons (Fsp3) is 0.400. The SMILES string of the molecule is C[C@@H]1Cc2c(ccc3c2cnn3[C@@H]2CCCCO2)[C@@H](c2ccc(Br)cn2)N1CC(F)(F)CO[Si](c1ccccc1)(c1ccccc1)C(C)(C)C. The minimum Gasteiger partial charge on any atom is -0.401 e. The van der Waals surface area contributed by atoms with Crippen molar-refractivity contribution in [1.82, 2.24) is 19.7 Å². The maximum atomic E-state index is 16.7. The van der Waals surface area contributed by atoms with Gasteiger partial charge in [-0.15, -0.1) is 0 Å². The van der Waals surface area contributed by atoms with Gasteiger partial charge in [0.05, 0.1) is 36.6 Å². The summed E-state index contributed by atoms with van der Waals surface area (Å²) in [6, 6.07) is 27.3. The fourth-order valence-corrected chi connectivity index (χ4v) is 12.9. The highest BCUT2D eigenvalue weighted by molar-refractivity contribution is 9.10. The maximum Gasteiger partial charge on any atom is 0.282 e. The molecule has 0 aliphatic carbocycles. The molecule has 0 unspecified atom stereocenters. The van der Waals surface area contributed by atoms with Crippen molar-refractivity contribution in [2.75, 3.05) is 19.8 Å². The second-order valence-electron chi connectivity index (χ2n) is 14.8. The first-order valence-corrected chi connectivity index (χ1v) is 20.3. The van der Waals surface area contributed by atoms with E-state index in [0.717, 1.165) is 68.4 Å². The molecule has 0 saturated carbocycles. The summed E-state index contributed by atoms with van der Waals surface area (Å²) in [5.74, 6) is -3.15. The number of hydrogen-bond donors (Lipinski definition) is 0. The van der Waals surface area contributed by atoms with Gasteiger partial charge in [-0.05, 0) is 93.3 Å². The van der Waals surface area contributed by atoms with Crippen molar-refractivity contribution in [1.29, 1.82) is 0 Å². The lowest BCUT2D eigenvalue weighted by Gasteiger charge is -2.45. The number of pyridine rings is 1. The van der Waals surface area contributed by atoms with Crippen LogP contribution in [0.3, 0.4) is 0 Å². The quantitative estimate of drug-likeness (QED) is 0.141. The van der Waals surface area contributed by atoms with Crippen LogP contribution in [0.15, 0.2) is 102 Å². The molecule has 7 rings (SSSR count). The van der Waals surface area contributed by atoms with Crippen molar-refractivity contribution >= 4 is 45.5 Å². The Balaban J connectivity index is 1.24. The minimum atomic E-state index is -3.17. The van der Waals surface area contributed by atoms with E-state index in [9.17, 15) is 0 Å². The van der Waals surface area contributed by atoms with Crippen molar-refractivity contribution in [3.05, 3.63) is 119 Å². The Morgan fingerprint density at radius 1 is 0.920 bits per heavy atom. The van der Waals surface area contributed by atoms with Gasteiger partial charge in [-0.25, -0.2) is 13.5 Å². The molecular weight excluding hydrogens is 714 g/mol. The monoisotopic (exact) mass is 758 g/mol. The van der Waals surface area contributed by atoms with Gasteiger partial charge >= 0.3 is 0 Å². The van der Waals surface area contributed by atoms with Gasteiger partial charge in [-0.1, -0.05) is 87.5 Å². The van der Waals surface area contributed by atoms with Crippen LogP contribution in [0.2, 0.25) is 5.04 Å². The second kappa shape index (κ2) is 14.0. The second-order valence-corrected chi connectivity index (χ2v) is 20.0. The van der Waals surface area contributed by atoms with Gasteiger partial charge in [0.1, 0.15) is 0 Å². The molecule has 5 aromatic rings. The number of alkyl halides is 2. The van der Waals surface area contributed by atoms with Crippen LogP contribution in [0, 0.1) is 0 Å². The molecular formula is C40H45BrF2N4O2Si. The zero-order valence-corrected chi connectivity index (χ0v) is 31.7. The summed E-state index contributed by atoms with van der Waals surface area (Å²) in [4.78, 5) is 6.70.